The summed E-state index contributed by atoms with van der Waals surface area (Å²) >= 11 is 5.93. The third kappa shape index (κ3) is 3.08. The third-order valence-corrected chi connectivity index (χ3v) is 2.63. The summed E-state index contributed by atoms with van der Waals surface area (Å²) in [6, 6.07) is 11.3. The maximum Gasteiger partial charge on any atom is 0.221 e. The van der Waals surface area contributed by atoms with Crippen molar-refractivity contribution < 1.29 is 4.79 Å². The van der Waals surface area contributed by atoms with Crippen molar-refractivity contribution in [1.29, 1.82) is 0 Å². The molecule has 0 saturated carbocycles. The van der Waals surface area contributed by atoms with Gasteiger partial charge in [0.15, 0.2) is 0 Å². The number of nitrogens with zero attached hydrogens (tertiary/aromatic N) is 1. The number of aryl methyl sites for hydroxylation is 1. The zero-order valence-electron chi connectivity index (χ0n) is 10.2. The second-order valence-corrected chi connectivity index (χ2v) is 4.50. The van der Waals surface area contributed by atoms with Crippen molar-refractivity contribution in [2.24, 2.45) is 0 Å². The molecule has 18 heavy (non-hydrogen) atoms. The lowest BCUT2D eigenvalue weighted by Gasteiger charge is -2.05. The molecule has 0 aliphatic carbocycles. The van der Waals surface area contributed by atoms with E-state index in [1.165, 1.54) is 6.92 Å². The number of anilines is 1. The van der Waals surface area contributed by atoms with E-state index < -0.39 is 0 Å². The molecule has 1 aromatic heterocycles. The normalized spacial score (nSPS) is 10.2. The Labute approximate surface area is 111 Å². The van der Waals surface area contributed by atoms with Gasteiger partial charge in [0.2, 0.25) is 5.91 Å². The maximum absolute atomic E-state index is 10.9. The zero-order valence-corrected chi connectivity index (χ0v) is 11.0. The average Bonchev–Trinajstić information content (AvgIpc) is 2.27. The first-order valence-electron chi connectivity index (χ1n) is 5.57. The predicted molar refractivity (Wildman–Crippen MR) is 73.7 cm³/mol. The number of carbonyl (C=O) groups excluding carboxylic acids is 1. The Morgan fingerprint density at radius 1 is 1.22 bits per heavy atom. The molecule has 0 bridgehead atoms. The van der Waals surface area contributed by atoms with Crippen molar-refractivity contribution in [1.82, 2.24) is 4.98 Å². The molecule has 0 saturated heterocycles. The highest BCUT2D eigenvalue weighted by molar-refractivity contribution is 6.29. The number of amides is 1. The first-order valence-corrected chi connectivity index (χ1v) is 5.94. The summed E-state index contributed by atoms with van der Waals surface area (Å²) in [6.07, 6.45) is 0. The molecule has 0 aliphatic rings. The minimum Gasteiger partial charge on any atom is -0.326 e. The number of hydrogen-bond acceptors (Lipinski definition) is 2. The average molecular weight is 261 g/mol. The number of halogens is 1. The van der Waals surface area contributed by atoms with Crippen LogP contribution in [0.5, 0.6) is 0 Å². The Kier molecular flexibility index (Phi) is 3.63. The molecule has 92 valence electrons. The van der Waals surface area contributed by atoms with E-state index in [4.69, 9.17) is 11.6 Å². The van der Waals surface area contributed by atoms with Crippen LogP contribution >= 0.6 is 11.6 Å². The Bertz CT molecular complexity index is 559. The highest BCUT2D eigenvalue weighted by Crippen LogP contribution is 2.22. The van der Waals surface area contributed by atoms with Crippen molar-refractivity contribution >= 4 is 23.2 Å². The van der Waals surface area contributed by atoms with E-state index in [9.17, 15) is 4.79 Å². The highest BCUT2D eigenvalue weighted by Gasteiger charge is 2.03. The van der Waals surface area contributed by atoms with Crippen molar-refractivity contribution in [2.45, 2.75) is 13.8 Å². The molecule has 4 heteroatoms. The van der Waals surface area contributed by atoms with Gasteiger partial charge in [-0.05, 0) is 36.8 Å². The summed E-state index contributed by atoms with van der Waals surface area (Å²) in [5.41, 5.74) is 3.63. The summed E-state index contributed by atoms with van der Waals surface area (Å²) < 4.78 is 0. The SMILES string of the molecule is CC(=O)Nc1ccc(-c2cc(C)cc(Cl)n2)cc1. The molecule has 2 rings (SSSR count). The molecular weight excluding hydrogens is 248 g/mol. The van der Waals surface area contributed by atoms with Crippen molar-refractivity contribution in [3.63, 3.8) is 0 Å². The van der Waals surface area contributed by atoms with Crippen LogP contribution in [0.2, 0.25) is 5.15 Å². The monoisotopic (exact) mass is 260 g/mol. The molecule has 0 fully saturated rings. The fourth-order valence-electron chi connectivity index (χ4n) is 1.70. The number of carbonyl (C=O) groups is 1. The van der Waals surface area contributed by atoms with Crippen LogP contribution in [0.4, 0.5) is 5.69 Å². The standard InChI is InChI=1S/C14H13ClN2O/c1-9-7-13(17-14(15)8-9)11-3-5-12(6-4-11)16-10(2)18/h3-8H,1-2H3,(H,16,18). The highest BCUT2D eigenvalue weighted by atomic mass is 35.5. The van der Waals surface area contributed by atoms with Crippen LogP contribution in [0.3, 0.4) is 0 Å². The van der Waals surface area contributed by atoms with Crippen LogP contribution in [0.25, 0.3) is 11.3 Å². The van der Waals surface area contributed by atoms with Gasteiger partial charge in [-0.3, -0.25) is 4.79 Å². The van der Waals surface area contributed by atoms with Gasteiger partial charge in [-0.2, -0.15) is 0 Å². The number of benzene rings is 1. The minimum atomic E-state index is -0.0838. The van der Waals surface area contributed by atoms with Crippen LogP contribution in [0.15, 0.2) is 36.4 Å². The van der Waals surface area contributed by atoms with Crippen LogP contribution in [0.1, 0.15) is 12.5 Å². The molecule has 1 N–H and O–H groups in total. The van der Waals surface area contributed by atoms with Gasteiger partial charge in [-0.1, -0.05) is 23.7 Å². The van der Waals surface area contributed by atoms with E-state index in [1.807, 2.05) is 43.3 Å². The quantitative estimate of drug-likeness (QED) is 0.837. The van der Waals surface area contributed by atoms with Gasteiger partial charge in [0, 0.05) is 18.2 Å². The first-order chi connectivity index (χ1) is 8.54. The van der Waals surface area contributed by atoms with E-state index >= 15 is 0 Å². The number of rotatable bonds is 2. The van der Waals surface area contributed by atoms with E-state index in [1.54, 1.807) is 0 Å². The lowest BCUT2D eigenvalue weighted by atomic mass is 10.1. The van der Waals surface area contributed by atoms with Crippen LogP contribution in [-0.2, 0) is 4.79 Å². The van der Waals surface area contributed by atoms with Gasteiger partial charge >= 0.3 is 0 Å². The first kappa shape index (κ1) is 12.6. The molecular formula is C14H13ClN2O. The lowest BCUT2D eigenvalue weighted by molar-refractivity contribution is -0.114. The fraction of sp³-hybridized carbons (Fsp3) is 0.143. The fourth-order valence-corrected chi connectivity index (χ4v) is 1.96. The van der Waals surface area contributed by atoms with E-state index in [2.05, 4.69) is 10.3 Å². The van der Waals surface area contributed by atoms with E-state index in [0.29, 0.717) is 5.15 Å². The summed E-state index contributed by atoms with van der Waals surface area (Å²) in [6.45, 7) is 3.46. The third-order valence-electron chi connectivity index (χ3n) is 2.44. The van der Waals surface area contributed by atoms with Gasteiger partial charge < -0.3 is 5.32 Å². The molecule has 3 nitrogen and oxygen atoms in total. The summed E-state index contributed by atoms with van der Waals surface area (Å²) in [7, 11) is 0. The van der Waals surface area contributed by atoms with Gasteiger partial charge in [0.1, 0.15) is 5.15 Å². The summed E-state index contributed by atoms with van der Waals surface area (Å²) in [5, 5.41) is 3.20. The zero-order chi connectivity index (χ0) is 13.1. The Hall–Kier alpha value is -1.87. The van der Waals surface area contributed by atoms with Gasteiger partial charge in [0.05, 0.1) is 5.69 Å². The lowest BCUT2D eigenvalue weighted by Crippen LogP contribution is -2.05. The second-order valence-electron chi connectivity index (χ2n) is 4.11. The van der Waals surface area contributed by atoms with Gasteiger partial charge in [-0.15, -0.1) is 0 Å². The van der Waals surface area contributed by atoms with Crippen LogP contribution in [0, 0.1) is 6.92 Å². The molecule has 1 amide bonds. The van der Waals surface area contributed by atoms with Crippen LogP contribution in [-0.4, -0.2) is 10.9 Å². The molecule has 0 spiro atoms. The van der Waals surface area contributed by atoms with Crippen molar-refractivity contribution in [3.8, 4) is 11.3 Å². The molecule has 1 heterocycles. The maximum atomic E-state index is 10.9. The Morgan fingerprint density at radius 2 is 1.89 bits per heavy atom. The molecule has 0 atom stereocenters. The molecule has 0 aliphatic heterocycles. The molecule has 0 unspecified atom stereocenters. The number of hydrogen-bond donors (Lipinski definition) is 1. The predicted octanol–water partition coefficient (Wildman–Crippen LogP) is 3.67. The van der Waals surface area contributed by atoms with Gasteiger partial charge in [-0.25, -0.2) is 4.98 Å². The smallest absolute Gasteiger partial charge is 0.221 e. The van der Waals surface area contributed by atoms with Crippen LogP contribution < -0.4 is 5.32 Å². The van der Waals surface area contributed by atoms with E-state index in [-0.39, 0.29) is 5.91 Å². The second kappa shape index (κ2) is 5.19. The van der Waals surface area contributed by atoms with E-state index in [0.717, 1.165) is 22.5 Å². The minimum absolute atomic E-state index is 0.0838. The Morgan fingerprint density at radius 3 is 2.44 bits per heavy atom. The van der Waals surface area contributed by atoms with Crippen molar-refractivity contribution in [3.05, 3.63) is 47.1 Å². The van der Waals surface area contributed by atoms with Crippen molar-refractivity contribution in [2.75, 3.05) is 5.32 Å². The molecule has 0 radical (unpaired) electrons. The van der Waals surface area contributed by atoms with Gasteiger partial charge in [0.25, 0.3) is 0 Å². The topological polar surface area (TPSA) is 42.0 Å². The number of aromatic nitrogens is 1. The number of pyridine rings is 1. The largest absolute Gasteiger partial charge is 0.326 e. The molecule has 1 aromatic carbocycles. The summed E-state index contributed by atoms with van der Waals surface area (Å²) in [5.74, 6) is -0.0838. The summed E-state index contributed by atoms with van der Waals surface area (Å²) in [4.78, 5) is 15.2. The number of nitrogens with one attached hydrogen (secondary N) is 1. The molecule has 2 aromatic rings. The Balaban J connectivity index is 2.31.